The monoisotopic (exact) mass is 156 g/mol. The zero-order valence-electron chi connectivity index (χ0n) is 4.87. The van der Waals surface area contributed by atoms with E-state index < -0.39 is 7.25 Å². The van der Waals surface area contributed by atoms with Gasteiger partial charge in [0, 0.05) is 0 Å². The van der Waals surface area contributed by atoms with E-state index in [1.165, 1.54) is 0 Å². The molecule has 1 aliphatic rings. The van der Waals surface area contributed by atoms with Gasteiger partial charge in [0.1, 0.15) is 6.67 Å². The molecule has 0 fully saturated rings. The van der Waals surface area contributed by atoms with Crippen molar-refractivity contribution in [1.82, 2.24) is 10.6 Å². The van der Waals surface area contributed by atoms with E-state index in [9.17, 15) is 17.3 Å². The highest BCUT2D eigenvalue weighted by Gasteiger charge is 2.20. The van der Waals surface area contributed by atoms with Crippen LogP contribution in [0.3, 0.4) is 0 Å². The molecule has 1 heterocycles. The molecule has 1 aliphatic heterocycles. The third-order valence-electron chi connectivity index (χ3n) is 0.467. The number of hydrogen-bond donors (Lipinski definition) is 2. The van der Waals surface area contributed by atoms with Gasteiger partial charge in [0.15, 0.2) is 0 Å². The van der Waals surface area contributed by atoms with Crippen LogP contribution in [0.4, 0.5) is 17.3 Å². The number of halogens is 4. The fraction of sp³-hybridized carbons (Fsp3) is 0.333. The molecule has 0 aromatic rings. The van der Waals surface area contributed by atoms with Crippen molar-refractivity contribution in [3.8, 4) is 0 Å². The third-order valence-corrected chi connectivity index (χ3v) is 0.467. The molecular formula is C3H5BF4N2. The Morgan fingerprint density at radius 2 is 1.80 bits per heavy atom. The molecule has 0 saturated heterocycles. The number of nitrogens with one attached hydrogen (secondary N) is 2. The van der Waals surface area contributed by atoms with Crippen LogP contribution in [-0.4, -0.2) is 13.9 Å². The molecule has 2 N–H and O–H groups in total. The molecule has 7 heteroatoms. The molecule has 0 spiro atoms. The second-order valence-electron chi connectivity index (χ2n) is 1.34. The molecule has 2 nitrogen and oxygen atoms in total. The molecule has 0 aromatic carbocycles. The summed E-state index contributed by atoms with van der Waals surface area (Å²) in [5, 5.41) is 5.68. The molecule has 0 radical (unpaired) electrons. The van der Waals surface area contributed by atoms with Gasteiger partial charge < -0.3 is 22.6 Å². The minimum atomic E-state index is -6.00. The standard InChI is InChI=1S/C3H5N2.BF4/c1-2-5-3-4-1;2-1(3,4)5/h1,4-5H,3H2;/q+1;-1. The van der Waals surface area contributed by atoms with Gasteiger partial charge in [-0.15, -0.1) is 0 Å². The fourth-order valence-electron chi connectivity index (χ4n) is 0.255. The highest BCUT2D eigenvalue weighted by atomic mass is 19.5. The van der Waals surface area contributed by atoms with E-state index >= 15 is 0 Å². The Bertz CT molecular complexity index is 99.6. The van der Waals surface area contributed by atoms with Crippen molar-refractivity contribution in [2.24, 2.45) is 0 Å². The lowest BCUT2D eigenvalue weighted by Gasteiger charge is -1.94. The van der Waals surface area contributed by atoms with Gasteiger partial charge in [-0.2, -0.15) is 5.32 Å². The molecular weight excluding hydrogens is 151 g/mol. The Kier molecular flexibility index (Phi) is 3.57. The number of rotatable bonds is 0. The van der Waals surface area contributed by atoms with Crippen LogP contribution in [0.25, 0.3) is 0 Å². The smallest absolute Gasteiger partial charge is 0.418 e. The van der Waals surface area contributed by atoms with Gasteiger partial charge in [-0.05, 0) is 0 Å². The summed E-state index contributed by atoms with van der Waals surface area (Å²) in [6, 6.07) is 0. The Morgan fingerprint density at radius 1 is 1.30 bits per heavy atom. The average molecular weight is 156 g/mol. The van der Waals surface area contributed by atoms with Crippen molar-refractivity contribution in [3.63, 3.8) is 0 Å². The van der Waals surface area contributed by atoms with E-state index in [2.05, 4.69) is 16.8 Å². The minimum absolute atomic E-state index is 0.833. The zero-order chi connectivity index (χ0) is 8.04. The predicted molar refractivity (Wildman–Crippen MR) is 29.1 cm³/mol. The predicted octanol–water partition coefficient (Wildman–Crippen LogP) is 0.711. The summed E-state index contributed by atoms with van der Waals surface area (Å²) in [5.41, 5.74) is 0. The van der Waals surface area contributed by atoms with Crippen LogP contribution in [0.15, 0.2) is 6.20 Å². The van der Waals surface area contributed by atoms with Crippen molar-refractivity contribution in [1.29, 1.82) is 0 Å². The second-order valence-corrected chi connectivity index (χ2v) is 1.34. The highest BCUT2D eigenvalue weighted by molar-refractivity contribution is 6.50. The van der Waals surface area contributed by atoms with Crippen molar-refractivity contribution in [2.75, 3.05) is 6.67 Å². The van der Waals surface area contributed by atoms with Crippen LogP contribution in [0, 0.1) is 6.20 Å². The maximum absolute atomic E-state index is 9.75. The van der Waals surface area contributed by atoms with Crippen molar-refractivity contribution in [3.05, 3.63) is 12.4 Å². The molecule has 0 saturated carbocycles. The van der Waals surface area contributed by atoms with E-state index in [-0.39, 0.29) is 0 Å². The maximum atomic E-state index is 9.75. The zero-order valence-corrected chi connectivity index (χ0v) is 4.87. The summed E-state index contributed by atoms with van der Waals surface area (Å²) >= 11 is 0. The molecule has 0 atom stereocenters. The lowest BCUT2D eigenvalue weighted by molar-refractivity contribution is 0.368. The van der Waals surface area contributed by atoms with Crippen molar-refractivity contribution >= 4 is 7.25 Å². The van der Waals surface area contributed by atoms with E-state index in [1.807, 2.05) is 0 Å². The normalized spacial score (nSPS) is 14.0. The first-order valence-corrected chi connectivity index (χ1v) is 2.41. The highest BCUT2D eigenvalue weighted by Crippen LogP contribution is 2.06. The molecule has 10 heavy (non-hydrogen) atoms. The van der Waals surface area contributed by atoms with Gasteiger partial charge in [0.2, 0.25) is 0 Å². The Morgan fingerprint density at radius 3 is 1.90 bits per heavy atom. The van der Waals surface area contributed by atoms with Gasteiger partial charge in [-0.3, -0.25) is 0 Å². The summed E-state index contributed by atoms with van der Waals surface area (Å²) in [5.74, 6) is 0. The summed E-state index contributed by atoms with van der Waals surface area (Å²) in [6.45, 7) is 0.833. The van der Waals surface area contributed by atoms with Gasteiger partial charge in [0.05, 0.1) is 0 Å². The average Bonchev–Trinajstić information content (AvgIpc) is 2.07. The van der Waals surface area contributed by atoms with E-state index in [4.69, 9.17) is 0 Å². The molecule has 0 unspecified atom stereocenters. The first-order valence-electron chi connectivity index (χ1n) is 2.41. The second kappa shape index (κ2) is 3.95. The minimum Gasteiger partial charge on any atom is -0.418 e. The van der Waals surface area contributed by atoms with Gasteiger partial charge in [-0.25, -0.2) is 0 Å². The van der Waals surface area contributed by atoms with Crippen molar-refractivity contribution < 1.29 is 17.3 Å². The lowest BCUT2D eigenvalue weighted by atomic mass is 10.3. The summed E-state index contributed by atoms with van der Waals surface area (Å²) in [6.07, 6.45) is 4.49. The third kappa shape index (κ3) is 15.7. The first-order chi connectivity index (χ1) is 4.50. The maximum Gasteiger partial charge on any atom is 0.673 e. The number of hydrogen-bond acceptors (Lipinski definition) is 2. The summed E-state index contributed by atoms with van der Waals surface area (Å²) < 4.78 is 39.0. The quantitative estimate of drug-likeness (QED) is 0.306. The van der Waals surface area contributed by atoms with Crippen LogP contribution >= 0.6 is 0 Å². The van der Waals surface area contributed by atoms with Crippen LogP contribution in [0.5, 0.6) is 0 Å². The molecule has 0 aromatic heterocycles. The van der Waals surface area contributed by atoms with E-state index in [0.29, 0.717) is 0 Å². The molecule has 1 rings (SSSR count). The SMILES string of the molecule is F[B-](F)(F)F.[C+]1=CNCN1. The van der Waals surface area contributed by atoms with E-state index in [0.717, 1.165) is 6.67 Å². The van der Waals surface area contributed by atoms with Gasteiger partial charge in [0.25, 0.3) is 6.20 Å². The van der Waals surface area contributed by atoms with Gasteiger partial charge in [-0.1, -0.05) is 0 Å². The topological polar surface area (TPSA) is 24.1 Å². The summed E-state index contributed by atoms with van der Waals surface area (Å²) in [4.78, 5) is 0. The largest absolute Gasteiger partial charge is 0.673 e. The Hall–Kier alpha value is -0.965. The van der Waals surface area contributed by atoms with Crippen LogP contribution in [0.1, 0.15) is 0 Å². The lowest BCUT2D eigenvalue weighted by Crippen LogP contribution is -2.10. The van der Waals surface area contributed by atoms with Crippen LogP contribution in [-0.2, 0) is 0 Å². The molecule has 0 amide bonds. The Balaban J connectivity index is 0.000000162. The Labute approximate surface area is 55.4 Å². The van der Waals surface area contributed by atoms with Crippen LogP contribution in [0.2, 0.25) is 0 Å². The summed E-state index contributed by atoms with van der Waals surface area (Å²) in [7, 11) is -6.00. The van der Waals surface area contributed by atoms with Crippen LogP contribution < -0.4 is 10.6 Å². The molecule has 0 bridgehead atoms. The van der Waals surface area contributed by atoms with Gasteiger partial charge >= 0.3 is 13.5 Å². The molecule has 58 valence electrons. The molecule has 0 aliphatic carbocycles. The first kappa shape index (κ1) is 9.03. The fourth-order valence-corrected chi connectivity index (χ4v) is 0.255. The van der Waals surface area contributed by atoms with E-state index in [1.54, 1.807) is 6.20 Å². The van der Waals surface area contributed by atoms with Crippen molar-refractivity contribution in [2.45, 2.75) is 0 Å².